The molecule has 3 rings (SSSR count). The molecule has 102 valence electrons. The number of nitrogens with zero attached hydrogens (tertiary/aromatic N) is 1. The molecule has 0 saturated carbocycles. The van der Waals surface area contributed by atoms with E-state index in [0.29, 0.717) is 5.82 Å². The molecule has 0 atom stereocenters. The topological polar surface area (TPSA) is 54.7 Å². The minimum absolute atomic E-state index is 0.101. The van der Waals surface area contributed by atoms with Gasteiger partial charge in [-0.3, -0.25) is 0 Å². The number of H-pyrrole nitrogens is 1. The Kier molecular flexibility index (Phi) is 2.89. The largest absolute Gasteiger partial charge is 0.396 e. The summed E-state index contributed by atoms with van der Waals surface area (Å²) in [7, 11) is 0. The van der Waals surface area contributed by atoms with Gasteiger partial charge in [0.15, 0.2) is 0 Å². The second-order valence-electron chi connectivity index (χ2n) is 4.64. The summed E-state index contributed by atoms with van der Waals surface area (Å²) in [6.07, 6.45) is 0.905. The second-order valence-corrected chi connectivity index (χ2v) is 4.64. The van der Waals surface area contributed by atoms with Gasteiger partial charge in [-0.05, 0) is 30.2 Å². The molecule has 1 aromatic heterocycles. The number of halogens is 2. The molecule has 0 unspecified atom stereocenters. The van der Waals surface area contributed by atoms with Crippen LogP contribution in [0.15, 0.2) is 30.3 Å². The first-order chi connectivity index (χ1) is 9.58. The summed E-state index contributed by atoms with van der Waals surface area (Å²) in [6.45, 7) is 2.05. The van der Waals surface area contributed by atoms with E-state index in [-0.39, 0.29) is 11.3 Å². The Morgan fingerprint density at radius 3 is 2.70 bits per heavy atom. The highest BCUT2D eigenvalue weighted by Crippen LogP contribution is 2.27. The van der Waals surface area contributed by atoms with Crippen LogP contribution in [0.3, 0.4) is 0 Å². The number of nitrogens with one attached hydrogen (secondary N) is 1. The normalized spacial score (nSPS) is 11.2. The molecule has 0 aliphatic carbocycles. The van der Waals surface area contributed by atoms with Crippen LogP contribution >= 0.6 is 0 Å². The van der Waals surface area contributed by atoms with Crippen LogP contribution in [0.25, 0.3) is 22.4 Å². The third kappa shape index (κ3) is 2.01. The Labute approximate surface area is 114 Å². The van der Waals surface area contributed by atoms with Gasteiger partial charge < -0.3 is 10.7 Å². The molecule has 0 amide bonds. The van der Waals surface area contributed by atoms with Crippen LogP contribution in [0, 0.1) is 11.6 Å². The summed E-state index contributed by atoms with van der Waals surface area (Å²) in [5.41, 5.74) is 8.26. The van der Waals surface area contributed by atoms with Crippen LogP contribution in [0.2, 0.25) is 0 Å². The number of anilines is 1. The Balaban J connectivity index is 2.17. The minimum Gasteiger partial charge on any atom is -0.396 e. The quantitative estimate of drug-likeness (QED) is 0.700. The predicted molar refractivity (Wildman–Crippen MR) is 75.2 cm³/mol. The number of fused-ring (bicyclic) bond motifs is 1. The van der Waals surface area contributed by atoms with Crippen molar-refractivity contribution in [2.45, 2.75) is 13.3 Å². The first kappa shape index (κ1) is 12.6. The van der Waals surface area contributed by atoms with Crippen molar-refractivity contribution in [1.29, 1.82) is 0 Å². The zero-order valence-electron chi connectivity index (χ0n) is 10.9. The highest BCUT2D eigenvalue weighted by molar-refractivity contribution is 5.80. The van der Waals surface area contributed by atoms with E-state index in [2.05, 4.69) is 16.9 Å². The van der Waals surface area contributed by atoms with Crippen molar-refractivity contribution in [2.24, 2.45) is 0 Å². The number of nitrogen functional groups attached to an aromatic ring is 1. The van der Waals surface area contributed by atoms with Crippen molar-refractivity contribution in [3.8, 4) is 11.4 Å². The number of hydrogen-bond donors (Lipinski definition) is 2. The van der Waals surface area contributed by atoms with E-state index in [9.17, 15) is 8.78 Å². The van der Waals surface area contributed by atoms with Gasteiger partial charge in [-0.25, -0.2) is 13.8 Å². The first-order valence-electron chi connectivity index (χ1n) is 6.32. The van der Waals surface area contributed by atoms with Crippen LogP contribution in [-0.4, -0.2) is 9.97 Å². The van der Waals surface area contributed by atoms with Gasteiger partial charge in [-0.2, -0.15) is 0 Å². The van der Waals surface area contributed by atoms with Gasteiger partial charge in [-0.15, -0.1) is 0 Å². The number of rotatable bonds is 2. The molecule has 0 spiro atoms. The number of nitrogens with two attached hydrogens (primary N) is 1. The van der Waals surface area contributed by atoms with Gasteiger partial charge in [-0.1, -0.05) is 13.0 Å². The summed E-state index contributed by atoms with van der Waals surface area (Å²) in [6, 6.07) is 7.84. The van der Waals surface area contributed by atoms with E-state index >= 15 is 0 Å². The van der Waals surface area contributed by atoms with Crippen molar-refractivity contribution in [2.75, 3.05) is 5.73 Å². The Bertz CT molecular complexity index is 793. The van der Waals surface area contributed by atoms with Crippen molar-refractivity contribution in [3.63, 3.8) is 0 Å². The van der Waals surface area contributed by atoms with Gasteiger partial charge in [0.05, 0.1) is 22.3 Å². The van der Waals surface area contributed by atoms with Gasteiger partial charge in [0.25, 0.3) is 0 Å². The van der Waals surface area contributed by atoms with Gasteiger partial charge >= 0.3 is 0 Å². The molecule has 20 heavy (non-hydrogen) atoms. The zero-order chi connectivity index (χ0) is 14.3. The molecular formula is C15H13F2N3. The van der Waals surface area contributed by atoms with E-state index in [1.54, 1.807) is 0 Å². The monoisotopic (exact) mass is 273 g/mol. The van der Waals surface area contributed by atoms with E-state index in [1.807, 2.05) is 18.2 Å². The highest BCUT2D eigenvalue weighted by atomic mass is 19.1. The maximum absolute atomic E-state index is 13.8. The lowest BCUT2D eigenvalue weighted by molar-refractivity contribution is 0.588. The van der Waals surface area contributed by atoms with Gasteiger partial charge in [0.1, 0.15) is 17.5 Å². The lowest BCUT2D eigenvalue weighted by Gasteiger charge is -2.02. The van der Waals surface area contributed by atoms with Crippen LogP contribution < -0.4 is 5.73 Å². The summed E-state index contributed by atoms with van der Waals surface area (Å²) >= 11 is 0. The number of aromatic nitrogens is 2. The summed E-state index contributed by atoms with van der Waals surface area (Å²) in [4.78, 5) is 7.36. The number of benzene rings is 2. The Morgan fingerprint density at radius 2 is 1.95 bits per heavy atom. The fourth-order valence-corrected chi connectivity index (χ4v) is 2.15. The van der Waals surface area contributed by atoms with Gasteiger partial charge in [0, 0.05) is 6.07 Å². The van der Waals surface area contributed by atoms with Crippen LogP contribution in [-0.2, 0) is 6.42 Å². The average Bonchev–Trinajstić information content (AvgIpc) is 2.85. The number of aromatic amines is 1. The first-order valence-corrected chi connectivity index (χ1v) is 6.32. The average molecular weight is 273 g/mol. The molecule has 0 bridgehead atoms. The summed E-state index contributed by atoms with van der Waals surface area (Å²) < 4.78 is 27.0. The van der Waals surface area contributed by atoms with Crippen molar-refractivity contribution in [3.05, 3.63) is 47.5 Å². The molecule has 0 fully saturated rings. The molecule has 2 aromatic carbocycles. The predicted octanol–water partition coefficient (Wildman–Crippen LogP) is 3.65. The van der Waals surface area contributed by atoms with Crippen molar-refractivity contribution < 1.29 is 8.78 Å². The number of imidazole rings is 1. The van der Waals surface area contributed by atoms with E-state index in [4.69, 9.17) is 5.73 Å². The fraction of sp³-hybridized carbons (Fsp3) is 0.133. The highest BCUT2D eigenvalue weighted by Gasteiger charge is 2.13. The smallest absolute Gasteiger partial charge is 0.149 e. The van der Waals surface area contributed by atoms with Crippen LogP contribution in [0.5, 0.6) is 0 Å². The molecule has 5 heteroatoms. The molecule has 3 aromatic rings. The molecular weight excluding hydrogens is 260 g/mol. The number of aryl methyl sites for hydroxylation is 1. The van der Waals surface area contributed by atoms with E-state index in [1.165, 1.54) is 6.07 Å². The molecule has 3 nitrogen and oxygen atoms in total. The molecule has 1 heterocycles. The van der Waals surface area contributed by atoms with Crippen LogP contribution in [0.1, 0.15) is 12.5 Å². The fourth-order valence-electron chi connectivity index (χ4n) is 2.15. The van der Waals surface area contributed by atoms with E-state index in [0.717, 1.165) is 29.1 Å². The Morgan fingerprint density at radius 1 is 1.15 bits per heavy atom. The SMILES string of the molecule is CCc1ccc2nc(-c3cc(N)c(F)cc3F)[nH]c2c1. The summed E-state index contributed by atoms with van der Waals surface area (Å²) in [5, 5.41) is 0. The van der Waals surface area contributed by atoms with Gasteiger partial charge in [0.2, 0.25) is 0 Å². The standard InChI is InChI=1S/C15H13F2N3/c1-2-8-3-4-13-14(5-8)20-15(19-13)9-6-12(18)11(17)7-10(9)16/h3-7H,2,18H2,1H3,(H,19,20). The van der Waals surface area contributed by atoms with Crippen molar-refractivity contribution >= 4 is 16.7 Å². The Hall–Kier alpha value is -2.43. The number of hydrogen-bond acceptors (Lipinski definition) is 2. The molecule has 0 aliphatic rings. The third-order valence-electron chi connectivity index (χ3n) is 3.30. The maximum atomic E-state index is 13.8. The minimum atomic E-state index is -0.768. The van der Waals surface area contributed by atoms with Crippen molar-refractivity contribution in [1.82, 2.24) is 9.97 Å². The lowest BCUT2D eigenvalue weighted by Crippen LogP contribution is -1.95. The lowest BCUT2D eigenvalue weighted by atomic mass is 10.1. The third-order valence-corrected chi connectivity index (χ3v) is 3.30. The maximum Gasteiger partial charge on any atom is 0.149 e. The zero-order valence-corrected chi connectivity index (χ0v) is 10.9. The molecule has 0 radical (unpaired) electrons. The van der Waals surface area contributed by atoms with E-state index < -0.39 is 11.6 Å². The molecule has 0 aliphatic heterocycles. The second kappa shape index (κ2) is 4.59. The molecule has 3 N–H and O–H groups in total. The van der Waals surface area contributed by atoms with Crippen LogP contribution in [0.4, 0.5) is 14.5 Å². The molecule has 0 saturated heterocycles. The summed E-state index contributed by atoms with van der Waals surface area (Å²) in [5.74, 6) is -1.11.